The molecule has 5 nitrogen and oxygen atoms in total. The molecule has 20 heavy (non-hydrogen) atoms. The molecule has 1 N–H and O–H groups in total. The Morgan fingerprint density at radius 1 is 1.30 bits per heavy atom. The van der Waals surface area contributed by atoms with Gasteiger partial charge in [0.25, 0.3) is 15.0 Å². The van der Waals surface area contributed by atoms with Gasteiger partial charge in [-0.2, -0.15) is 0 Å². The maximum absolute atomic E-state index is 11.8. The number of hydrogen-bond donors (Lipinski definition) is 1. The first-order chi connectivity index (χ1) is 9.47. The van der Waals surface area contributed by atoms with Crippen molar-refractivity contribution in [2.24, 2.45) is 5.92 Å². The molecule has 0 spiro atoms. The molecule has 0 atom stereocenters. The minimum Gasteiger partial charge on any atom is -0.379 e. The van der Waals surface area contributed by atoms with Crippen molar-refractivity contribution in [3.8, 4) is 0 Å². The van der Waals surface area contributed by atoms with Crippen LogP contribution in [0, 0.1) is 5.92 Å². The van der Waals surface area contributed by atoms with Crippen LogP contribution in [0.2, 0.25) is 0 Å². The zero-order valence-corrected chi connectivity index (χ0v) is 12.4. The monoisotopic (exact) mass is 317 g/mol. The largest absolute Gasteiger partial charge is 0.379 e. The van der Waals surface area contributed by atoms with Gasteiger partial charge in [-0.25, -0.2) is 8.42 Å². The van der Waals surface area contributed by atoms with Crippen molar-refractivity contribution in [1.82, 2.24) is 5.32 Å². The Balaban J connectivity index is 1.76. The molecule has 0 radical (unpaired) electrons. The third-order valence-corrected chi connectivity index (χ3v) is 4.35. The molecule has 0 aromatic heterocycles. The minimum absolute atomic E-state index is 0.0246. The summed E-state index contributed by atoms with van der Waals surface area (Å²) >= 11 is 0. The summed E-state index contributed by atoms with van der Waals surface area (Å²) in [5.74, 6) is 0.439. The first-order valence-electron chi connectivity index (χ1n) is 6.37. The van der Waals surface area contributed by atoms with Crippen LogP contribution in [-0.2, 0) is 13.8 Å². The van der Waals surface area contributed by atoms with Crippen LogP contribution in [0.4, 0.5) is 0 Å². The zero-order valence-electron chi connectivity index (χ0n) is 10.8. The fourth-order valence-corrected chi connectivity index (χ4v) is 2.41. The molecule has 1 aromatic carbocycles. The molecular weight excluding hydrogens is 302 g/mol. The van der Waals surface area contributed by atoms with Gasteiger partial charge in [0.1, 0.15) is 0 Å². The number of hydrogen-bond acceptors (Lipinski definition) is 4. The van der Waals surface area contributed by atoms with Gasteiger partial charge in [0.2, 0.25) is 0 Å². The zero-order chi connectivity index (χ0) is 14.6. The van der Waals surface area contributed by atoms with E-state index in [1.54, 1.807) is 0 Å². The highest BCUT2D eigenvalue weighted by atomic mass is 35.7. The van der Waals surface area contributed by atoms with Crippen molar-refractivity contribution < 1.29 is 17.9 Å². The summed E-state index contributed by atoms with van der Waals surface area (Å²) in [5.41, 5.74) is 0.385. The lowest BCUT2D eigenvalue weighted by molar-refractivity contribution is 0.0906. The standard InChI is InChI=1S/C13H16ClNO4S/c14-20(17,18)12-5-3-11(4-6-12)13(16)15-7-8-19-9-10-1-2-10/h3-6,10H,1-2,7-9H2,(H,15,16). The molecule has 1 aliphatic rings. The summed E-state index contributed by atoms with van der Waals surface area (Å²) in [6.45, 7) is 1.68. The normalized spacial score (nSPS) is 15.1. The summed E-state index contributed by atoms with van der Waals surface area (Å²) in [6, 6.07) is 5.47. The van der Waals surface area contributed by atoms with Crippen molar-refractivity contribution in [3.63, 3.8) is 0 Å². The Hall–Kier alpha value is -1.11. The highest BCUT2D eigenvalue weighted by Gasteiger charge is 2.20. The molecule has 110 valence electrons. The second-order valence-electron chi connectivity index (χ2n) is 4.74. The van der Waals surface area contributed by atoms with E-state index in [0.717, 1.165) is 6.61 Å². The second kappa shape index (κ2) is 6.56. The van der Waals surface area contributed by atoms with Crippen LogP contribution in [0.1, 0.15) is 23.2 Å². The van der Waals surface area contributed by atoms with E-state index in [-0.39, 0.29) is 10.8 Å². The lowest BCUT2D eigenvalue weighted by Crippen LogP contribution is -2.27. The number of carbonyl (C=O) groups is 1. The number of amides is 1. The highest BCUT2D eigenvalue weighted by Crippen LogP contribution is 2.28. The SMILES string of the molecule is O=C(NCCOCC1CC1)c1ccc(S(=O)(=O)Cl)cc1. The van der Waals surface area contributed by atoms with E-state index < -0.39 is 9.05 Å². The van der Waals surface area contributed by atoms with Crippen LogP contribution in [-0.4, -0.2) is 34.1 Å². The van der Waals surface area contributed by atoms with Gasteiger partial charge in [-0.1, -0.05) is 0 Å². The maximum atomic E-state index is 11.8. The van der Waals surface area contributed by atoms with Crippen LogP contribution in [0.25, 0.3) is 0 Å². The van der Waals surface area contributed by atoms with Crippen molar-refractivity contribution in [2.45, 2.75) is 17.7 Å². The molecule has 0 aliphatic heterocycles. The smallest absolute Gasteiger partial charge is 0.261 e. The summed E-state index contributed by atoms with van der Waals surface area (Å²) in [6.07, 6.45) is 2.48. The van der Waals surface area contributed by atoms with Gasteiger partial charge in [-0.05, 0) is 43.0 Å². The van der Waals surface area contributed by atoms with E-state index in [1.807, 2.05) is 0 Å². The first kappa shape index (κ1) is 15.3. The Bertz CT molecular complexity index is 567. The summed E-state index contributed by atoms with van der Waals surface area (Å²) < 4.78 is 27.5. The van der Waals surface area contributed by atoms with Crippen LogP contribution in [0.15, 0.2) is 29.2 Å². The van der Waals surface area contributed by atoms with E-state index in [1.165, 1.54) is 37.1 Å². The van der Waals surface area contributed by atoms with Gasteiger partial charge in [-0.3, -0.25) is 4.79 Å². The average molecular weight is 318 g/mol. The molecule has 1 fully saturated rings. The fourth-order valence-electron chi connectivity index (χ4n) is 1.64. The van der Waals surface area contributed by atoms with E-state index >= 15 is 0 Å². The number of nitrogens with one attached hydrogen (secondary N) is 1. The topological polar surface area (TPSA) is 72.5 Å². The maximum Gasteiger partial charge on any atom is 0.261 e. The van der Waals surface area contributed by atoms with E-state index in [9.17, 15) is 13.2 Å². The Morgan fingerprint density at radius 2 is 1.95 bits per heavy atom. The lowest BCUT2D eigenvalue weighted by atomic mass is 10.2. The molecule has 0 bridgehead atoms. The molecule has 0 saturated heterocycles. The minimum atomic E-state index is -3.75. The fraction of sp³-hybridized carbons (Fsp3) is 0.462. The second-order valence-corrected chi connectivity index (χ2v) is 7.30. The number of ether oxygens (including phenoxy) is 1. The number of rotatable bonds is 7. The van der Waals surface area contributed by atoms with Gasteiger partial charge >= 0.3 is 0 Å². The van der Waals surface area contributed by atoms with Crippen LogP contribution < -0.4 is 5.32 Å². The van der Waals surface area contributed by atoms with Crippen molar-refractivity contribution in [2.75, 3.05) is 19.8 Å². The summed E-state index contributed by atoms with van der Waals surface area (Å²) in [4.78, 5) is 11.7. The lowest BCUT2D eigenvalue weighted by Gasteiger charge is -2.06. The third kappa shape index (κ3) is 4.77. The van der Waals surface area contributed by atoms with Crippen LogP contribution in [0.3, 0.4) is 0 Å². The molecule has 1 saturated carbocycles. The predicted octanol–water partition coefficient (Wildman–Crippen LogP) is 1.77. The van der Waals surface area contributed by atoms with Gasteiger partial charge in [0.05, 0.1) is 11.5 Å². The molecule has 1 aromatic rings. The van der Waals surface area contributed by atoms with Crippen molar-refractivity contribution in [1.29, 1.82) is 0 Å². The van der Waals surface area contributed by atoms with Crippen LogP contribution in [0.5, 0.6) is 0 Å². The van der Waals surface area contributed by atoms with E-state index in [2.05, 4.69) is 5.32 Å². The average Bonchev–Trinajstić information content (AvgIpc) is 3.21. The van der Waals surface area contributed by atoms with Crippen molar-refractivity contribution >= 4 is 25.6 Å². The van der Waals surface area contributed by atoms with E-state index in [4.69, 9.17) is 15.4 Å². The molecule has 0 unspecified atom stereocenters. The van der Waals surface area contributed by atoms with Gasteiger partial charge in [0, 0.05) is 29.4 Å². The quantitative estimate of drug-likeness (QED) is 0.614. The summed E-state index contributed by atoms with van der Waals surface area (Å²) in [7, 11) is 1.44. The molecule has 0 heterocycles. The van der Waals surface area contributed by atoms with Gasteiger partial charge in [0.15, 0.2) is 0 Å². The van der Waals surface area contributed by atoms with E-state index in [0.29, 0.717) is 24.6 Å². The highest BCUT2D eigenvalue weighted by molar-refractivity contribution is 8.13. The number of carbonyl (C=O) groups excluding carboxylic acids is 1. The number of benzene rings is 1. The Labute approximate surface area is 122 Å². The Kier molecular flexibility index (Phi) is 5.01. The third-order valence-electron chi connectivity index (χ3n) is 2.98. The van der Waals surface area contributed by atoms with Gasteiger partial charge < -0.3 is 10.1 Å². The Morgan fingerprint density at radius 3 is 2.50 bits per heavy atom. The molecule has 7 heteroatoms. The van der Waals surface area contributed by atoms with Gasteiger partial charge in [-0.15, -0.1) is 0 Å². The summed E-state index contributed by atoms with van der Waals surface area (Å²) in [5, 5.41) is 2.70. The first-order valence-corrected chi connectivity index (χ1v) is 8.68. The number of halogens is 1. The van der Waals surface area contributed by atoms with Crippen LogP contribution >= 0.6 is 10.7 Å². The molecule has 1 amide bonds. The molecule has 1 aliphatic carbocycles. The predicted molar refractivity (Wildman–Crippen MR) is 75.4 cm³/mol. The molecule has 2 rings (SSSR count). The van der Waals surface area contributed by atoms with Crippen molar-refractivity contribution in [3.05, 3.63) is 29.8 Å². The molecular formula is C13H16ClNO4S.